The first kappa shape index (κ1) is 19.9. The van der Waals surface area contributed by atoms with Gasteiger partial charge in [0.1, 0.15) is 0 Å². The molecule has 3 heterocycles. The van der Waals surface area contributed by atoms with Crippen molar-refractivity contribution >= 4 is 28.9 Å². The van der Waals surface area contributed by atoms with E-state index in [1.807, 2.05) is 36.5 Å². The van der Waals surface area contributed by atoms with Crippen LogP contribution in [-0.2, 0) is 0 Å². The minimum Gasteiger partial charge on any atom is -0.352 e. The van der Waals surface area contributed by atoms with Crippen molar-refractivity contribution in [1.29, 1.82) is 0 Å². The second-order valence-electron chi connectivity index (χ2n) is 7.41. The Balaban J connectivity index is 1.78. The van der Waals surface area contributed by atoms with Gasteiger partial charge < -0.3 is 19.7 Å². The van der Waals surface area contributed by atoms with Crippen LogP contribution in [0.5, 0.6) is 0 Å². The Hall–Kier alpha value is -2.41. The molecule has 1 aliphatic heterocycles. The fraction of sp³-hybridized carbons (Fsp3) is 0.273. The maximum absolute atomic E-state index is 6.26. The average Bonchev–Trinajstić information content (AvgIpc) is 3.31. The number of hydrogen-bond donors (Lipinski definition) is 1. The van der Waals surface area contributed by atoms with Crippen LogP contribution in [0.1, 0.15) is 23.5 Å². The quantitative estimate of drug-likeness (QED) is 0.602. The summed E-state index contributed by atoms with van der Waals surface area (Å²) in [6.45, 7) is 1.73. The average molecular weight is 426 g/mol. The van der Waals surface area contributed by atoms with Gasteiger partial charge in [0.15, 0.2) is 5.11 Å². The van der Waals surface area contributed by atoms with Gasteiger partial charge in [-0.1, -0.05) is 23.7 Å². The molecule has 1 N–H and O–H groups in total. The summed E-state index contributed by atoms with van der Waals surface area (Å²) >= 11 is 12.0. The van der Waals surface area contributed by atoms with Crippen molar-refractivity contribution < 1.29 is 0 Å². The summed E-state index contributed by atoms with van der Waals surface area (Å²) in [4.78, 5) is 9.05. The Kier molecular flexibility index (Phi) is 5.85. The van der Waals surface area contributed by atoms with E-state index < -0.39 is 0 Å². The lowest BCUT2D eigenvalue weighted by Crippen LogP contribution is -2.36. The van der Waals surface area contributed by atoms with Gasteiger partial charge in [-0.05, 0) is 68.8 Å². The number of likely N-dealkylation sites (N-methyl/N-ethyl adjacent to an activating group) is 1. The van der Waals surface area contributed by atoms with E-state index in [9.17, 15) is 0 Å². The number of thiocarbonyl (C=S) groups is 1. The molecule has 29 heavy (non-hydrogen) atoms. The molecule has 1 saturated heterocycles. The molecule has 0 aliphatic carbocycles. The van der Waals surface area contributed by atoms with Gasteiger partial charge in [-0.3, -0.25) is 4.98 Å². The van der Waals surface area contributed by atoms with Crippen molar-refractivity contribution in [3.8, 4) is 5.69 Å². The molecule has 2 aromatic heterocycles. The molecular formula is C22H24ClN5S. The monoisotopic (exact) mass is 425 g/mol. The van der Waals surface area contributed by atoms with Gasteiger partial charge in [-0.15, -0.1) is 0 Å². The third-order valence-electron chi connectivity index (χ3n) is 5.16. The van der Waals surface area contributed by atoms with E-state index in [1.54, 1.807) is 0 Å². The molecule has 4 rings (SSSR count). The summed E-state index contributed by atoms with van der Waals surface area (Å²) < 4.78 is 2.19. The Morgan fingerprint density at radius 3 is 2.72 bits per heavy atom. The second kappa shape index (κ2) is 8.53. The summed E-state index contributed by atoms with van der Waals surface area (Å²) in [5.41, 5.74) is 3.16. The van der Waals surface area contributed by atoms with Gasteiger partial charge in [-0.2, -0.15) is 0 Å². The molecule has 0 amide bonds. The largest absolute Gasteiger partial charge is 0.352 e. The fourth-order valence-electron chi connectivity index (χ4n) is 3.77. The Morgan fingerprint density at radius 2 is 2.00 bits per heavy atom. The zero-order valence-electron chi connectivity index (χ0n) is 16.5. The van der Waals surface area contributed by atoms with Crippen molar-refractivity contribution in [3.63, 3.8) is 0 Å². The smallest absolute Gasteiger partial charge is 0.170 e. The lowest BCUT2D eigenvalue weighted by atomic mass is 10.0. The van der Waals surface area contributed by atoms with Crippen LogP contribution in [0.4, 0.5) is 0 Å². The highest BCUT2D eigenvalue weighted by Crippen LogP contribution is 2.39. The van der Waals surface area contributed by atoms with E-state index in [-0.39, 0.29) is 12.1 Å². The van der Waals surface area contributed by atoms with Crippen LogP contribution in [-0.4, -0.2) is 51.6 Å². The molecule has 2 atom stereocenters. The van der Waals surface area contributed by atoms with Crippen molar-refractivity contribution in [2.75, 3.05) is 27.2 Å². The predicted molar refractivity (Wildman–Crippen MR) is 121 cm³/mol. The van der Waals surface area contributed by atoms with E-state index in [2.05, 4.69) is 69.2 Å². The number of hydrogen-bond acceptors (Lipinski definition) is 3. The third kappa shape index (κ3) is 4.15. The van der Waals surface area contributed by atoms with Crippen LogP contribution < -0.4 is 5.32 Å². The zero-order valence-corrected chi connectivity index (χ0v) is 18.1. The summed E-state index contributed by atoms with van der Waals surface area (Å²) in [7, 11) is 4.15. The SMILES string of the molecule is CN(C)CCN1C(=S)N[C@H](c2ccccn2)[C@@H]1c1cccn1-c1cccc(Cl)c1. The molecule has 3 aromatic rings. The molecule has 150 valence electrons. The second-order valence-corrected chi connectivity index (χ2v) is 8.23. The van der Waals surface area contributed by atoms with Crippen LogP contribution in [0, 0.1) is 0 Å². The van der Waals surface area contributed by atoms with Crippen molar-refractivity contribution in [2.45, 2.75) is 12.1 Å². The molecule has 0 saturated carbocycles. The van der Waals surface area contributed by atoms with E-state index in [1.165, 1.54) is 0 Å². The highest BCUT2D eigenvalue weighted by molar-refractivity contribution is 7.80. The maximum atomic E-state index is 6.26. The topological polar surface area (TPSA) is 36.3 Å². The van der Waals surface area contributed by atoms with Gasteiger partial charge in [0, 0.05) is 41.9 Å². The zero-order chi connectivity index (χ0) is 20.4. The van der Waals surface area contributed by atoms with E-state index in [4.69, 9.17) is 23.8 Å². The van der Waals surface area contributed by atoms with Crippen LogP contribution >= 0.6 is 23.8 Å². The standard InChI is InChI=1S/C22H24ClN5S/c1-26(2)13-14-28-21(20(25-22(28)29)18-9-3-4-11-24-18)19-10-6-12-27(19)17-8-5-7-16(23)15-17/h3-12,15,20-21H,13-14H2,1-2H3,(H,25,29)/t20-,21+/m1/s1. The maximum Gasteiger partial charge on any atom is 0.170 e. The van der Waals surface area contributed by atoms with E-state index in [0.29, 0.717) is 5.02 Å². The minimum atomic E-state index is -0.0290. The Bertz CT molecular complexity index is 988. The summed E-state index contributed by atoms with van der Waals surface area (Å²) in [6.07, 6.45) is 3.90. The lowest BCUT2D eigenvalue weighted by molar-refractivity contribution is 0.272. The summed E-state index contributed by atoms with van der Waals surface area (Å²) in [6, 6.07) is 18.1. The first-order chi connectivity index (χ1) is 14.0. The molecule has 1 fully saturated rings. The highest BCUT2D eigenvalue weighted by atomic mass is 35.5. The molecule has 5 nitrogen and oxygen atoms in total. The van der Waals surface area contributed by atoms with E-state index in [0.717, 1.165) is 35.3 Å². The number of rotatable bonds is 6. The fourth-order valence-corrected chi connectivity index (χ4v) is 4.29. The van der Waals surface area contributed by atoms with Crippen LogP contribution in [0.2, 0.25) is 5.02 Å². The molecule has 1 aromatic carbocycles. The lowest BCUT2D eigenvalue weighted by Gasteiger charge is -2.29. The van der Waals surface area contributed by atoms with E-state index >= 15 is 0 Å². The van der Waals surface area contributed by atoms with Gasteiger partial charge in [0.05, 0.1) is 17.8 Å². The molecule has 0 unspecified atom stereocenters. The third-order valence-corrected chi connectivity index (χ3v) is 5.74. The Labute approximate surface area is 181 Å². The number of halogens is 1. The molecule has 0 bridgehead atoms. The van der Waals surface area contributed by atoms with Crippen molar-refractivity contribution in [1.82, 2.24) is 24.7 Å². The van der Waals surface area contributed by atoms with Gasteiger partial charge >= 0.3 is 0 Å². The molecule has 7 heteroatoms. The van der Waals surface area contributed by atoms with Crippen LogP contribution in [0.15, 0.2) is 67.0 Å². The van der Waals surface area contributed by atoms with Gasteiger partial charge in [0.2, 0.25) is 0 Å². The van der Waals surface area contributed by atoms with Crippen LogP contribution in [0.25, 0.3) is 5.69 Å². The predicted octanol–water partition coefficient (Wildman–Crippen LogP) is 4.06. The molecular weight excluding hydrogens is 402 g/mol. The first-order valence-electron chi connectivity index (χ1n) is 9.60. The highest BCUT2D eigenvalue weighted by Gasteiger charge is 2.41. The van der Waals surface area contributed by atoms with Crippen molar-refractivity contribution in [3.05, 3.63) is 83.4 Å². The van der Waals surface area contributed by atoms with Gasteiger partial charge in [-0.25, -0.2) is 0 Å². The molecule has 0 radical (unpaired) electrons. The van der Waals surface area contributed by atoms with Crippen LogP contribution in [0.3, 0.4) is 0 Å². The summed E-state index contributed by atoms with van der Waals surface area (Å²) in [5.74, 6) is 0. The number of pyridine rings is 1. The number of nitrogens with zero attached hydrogens (tertiary/aromatic N) is 4. The number of aromatic nitrogens is 2. The number of nitrogens with one attached hydrogen (secondary N) is 1. The Morgan fingerprint density at radius 1 is 1.14 bits per heavy atom. The minimum absolute atomic E-state index is 0.0198. The van der Waals surface area contributed by atoms with Gasteiger partial charge in [0.25, 0.3) is 0 Å². The van der Waals surface area contributed by atoms with Crippen molar-refractivity contribution in [2.24, 2.45) is 0 Å². The molecule has 1 aliphatic rings. The normalized spacial score (nSPS) is 19.0. The molecule has 0 spiro atoms. The first-order valence-corrected chi connectivity index (χ1v) is 10.4. The summed E-state index contributed by atoms with van der Waals surface area (Å²) in [5, 5.41) is 4.98. The number of benzene rings is 1.